The summed E-state index contributed by atoms with van der Waals surface area (Å²) in [6.07, 6.45) is 0.338. The molecule has 0 aliphatic rings. The highest BCUT2D eigenvalue weighted by Crippen LogP contribution is 2.22. The van der Waals surface area contributed by atoms with Crippen LogP contribution in [-0.2, 0) is 4.79 Å². The van der Waals surface area contributed by atoms with Gasteiger partial charge in [0.15, 0.2) is 6.29 Å². The summed E-state index contributed by atoms with van der Waals surface area (Å²) >= 11 is 0. The van der Waals surface area contributed by atoms with Gasteiger partial charge in [-0.05, 0) is 12.1 Å². The maximum atomic E-state index is 10.6. The monoisotopic (exact) mass is 209 g/mol. The van der Waals surface area contributed by atoms with Crippen molar-refractivity contribution in [2.45, 2.75) is 6.92 Å². The molecule has 0 saturated heterocycles. The van der Waals surface area contributed by atoms with Gasteiger partial charge in [-0.1, -0.05) is 0 Å². The fraction of sp³-hybridized carbons (Fsp3) is 0.111. The third-order valence-corrected chi connectivity index (χ3v) is 1.58. The van der Waals surface area contributed by atoms with Crippen LogP contribution in [0.25, 0.3) is 0 Å². The largest absolute Gasteiger partial charge is 0.427 e. The third-order valence-electron chi connectivity index (χ3n) is 1.58. The summed E-state index contributed by atoms with van der Waals surface area (Å²) in [5.41, 5.74) is -0.445. The lowest BCUT2D eigenvalue weighted by molar-refractivity contribution is -0.385. The molecule has 1 rings (SSSR count). The molecule has 0 saturated carbocycles. The Morgan fingerprint density at radius 1 is 1.53 bits per heavy atom. The van der Waals surface area contributed by atoms with E-state index in [4.69, 9.17) is 0 Å². The van der Waals surface area contributed by atoms with Crippen LogP contribution in [0, 0.1) is 10.1 Å². The van der Waals surface area contributed by atoms with Crippen LogP contribution in [0.5, 0.6) is 5.75 Å². The van der Waals surface area contributed by atoms with E-state index in [0.29, 0.717) is 6.29 Å². The lowest BCUT2D eigenvalue weighted by atomic mass is 10.2. The van der Waals surface area contributed by atoms with E-state index in [1.807, 2.05) is 0 Å². The van der Waals surface area contributed by atoms with Crippen molar-refractivity contribution < 1.29 is 19.2 Å². The van der Waals surface area contributed by atoms with Gasteiger partial charge in [0.25, 0.3) is 5.69 Å². The average molecular weight is 209 g/mol. The van der Waals surface area contributed by atoms with Gasteiger partial charge in [-0.3, -0.25) is 19.7 Å². The Morgan fingerprint density at radius 3 is 2.67 bits per heavy atom. The smallest absolute Gasteiger partial charge is 0.308 e. The number of rotatable bonds is 3. The van der Waals surface area contributed by atoms with Crippen LogP contribution in [0.15, 0.2) is 18.2 Å². The van der Waals surface area contributed by atoms with Crippen molar-refractivity contribution in [3.05, 3.63) is 33.9 Å². The van der Waals surface area contributed by atoms with Gasteiger partial charge in [0.05, 0.1) is 10.5 Å². The number of ether oxygens (including phenoxy) is 1. The Morgan fingerprint density at radius 2 is 2.20 bits per heavy atom. The van der Waals surface area contributed by atoms with Crippen LogP contribution in [0.2, 0.25) is 0 Å². The second kappa shape index (κ2) is 4.32. The molecule has 0 radical (unpaired) electrons. The Kier molecular flexibility index (Phi) is 3.12. The first-order valence-corrected chi connectivity index (χ1v) is 3.96. The van der Waals surface area contributed by atoms with Gasteiger partial charge in [-0.25, -0.2) is 0 Å². The van der Waals surface area contributed by atoms with E-state index in [9.17, 15) is 19.7 Å². The lowest BCUT2D eigenvalue weighted by Gasteiger charge is -2.01. The number of nitrogens with zero attached hydrogens (tertiary/aromatic N) is 1. The predicted molar refractivity (Wildman–Crippen MR) is 49.8 cm³/mol. The van der Waals surface area contributed by atoms with Gasteiger partial charge in [-0.2, -0.15) is 0 Å². The molecule has 0 N–H and O–H groups in total. The maximum Gasteiger partial charge on any atom is 0.308 e. The zero-order valence-corrected chi connectivity index (χ0v) is 7.80. The molecule has 0 bridgehead atoms. The van der Waals surface area contributed by atoms with E-state index in [2.05, 4.69) is 4.74 Å². The quantitative estimate of drug-likeness (QED) is 0.246. The fourth-order valence-corrected chi connectivity index (χ4v) is 1.02. The van der Waals surface area contributed by atoms with Crippen LogP contribution >= 0.6 is 0 Å². The molecule has 1 aromatic carbocycles. The molecule has 0 unspecified atom stereocenters. The predicted octanol–water partition coefficient (Wildman–Crippen LogP) is 1.33. The molecule has 15 heavy (non-hydrogen) atoms. The maximum absolute atomic E-state index is 10.6. The lowest BCUT2D eigenvalue weighted by Crippen LogP contribution is -2.02. The Bertz CT molecular complexity index is 427. The van der Waals surface area contributed by atoms with Gasteiger partial charge in [0.2, 0.25) is 0 Å². The Balaban J connectivity index is 3.13. The van der Waals surface area contributed by atoms with Gasteiger partial charge in [-0.15, -0.1) is 0 Å². The fourth-order valence-electron chi connectivity index (χ4n) is 1.02. The van der Waals surface area contributed by atoms with Gasteiger partial charge in [0, 0.05) is 13.0 Å². The molecule has 0 amide bonds. The molecule has 6 heteroatoms. The molecule has 0 atom stereocenters. The zero-order valence-electron chi connectivity index (χ0n) is 7.80. The topological polar surface area (TPSA) is 86.5 Å². The number of carbonyl (C=O) groups excluding carboxylic acids is 2. The van der Waals surface area contributed by atoms with Crippen molar-refractivity contribution in [2.75, 3.05) is 0 Å². The van der Waals surface area contributed by atoms with Crippen LogP contribution in [0.1, 0.15) is 17.3 Å². The second-order valence-corrected chi connectivity index (χ2v) is 2.69. The van der Waals surface area contributed by atoms with E-state index < -0.39 is 10.9 Å². The summed E-state index contributed by atoms with van der Waals surface area (Å²) in [5.74, 6) is -0.448. The molecule has 0 aromatic heterocycles. The molecular weight excluding hydrogens is 202 g/mol. The van der Waals surface area contributed by atoms with Crippen LogP contribution < -0.4 is 4.74 Å². The molecule has 0 heterocycles. The molecule has 0 fully saturated rings. The first-order chi connectivity index (χ1) is 7.04. The highest BCUT2D eigenvalue weighted by Gasteiger charge is 2.14. The molecule has 0 spiro atoms. The number of aldehydes is 1. The minimum Gasteiger partial charge on any atom is -0.427 e. The summed E-state index contributed by atoms with van der Waals surface area (Å²) in [7, 11) is 0. The van der Waals surface area contributed by atoms with Crippen LogP contribution in [-0.4, -0.2) is 17.2 Å². The van der Waals surface area contributed by atoms with Crippen molar-refractivity contribution in [3.63, 3.8) is 0 Å². The molecule has 0 aliphatic carbocycles. The number of esters is 1. The summed E-state index contributed by atoms with van der Waals surface area (Å²) in [6.45, 7) is 1.20. The standard InChI is InChI=1S/C9H7NO5/c1-6(12)15-8-2-3-9(10(13)14)7(4-8)5-11/h2-5H,1H3. The van der Waals surface area contributed by atoms with Crippen molar-refractivity contribution in [2.24, 2.45) is 0 Å². The Hall–Kier alpha value is -2.24. The van der Waals surface area contributed by atoms with E-state index in [-0.39, 0.29) is 17.0 Å². The number of benzene rings is 1. The Labute approximate surface area is 84.6 Å². The summed E-state index contributed by atoms with van der Waals surface area (Å²) in [6, 6.07) is 3.51. The summed E-state index contributed by atoms with van der Waals surface area (Å²) < 4.78 is 4.67. The molecule has 1 aromatic rings. The molecule has 78 valence electrons. The average Bonchev–Trinajstić information content (AvgIpc) is 2.16. The van der Waals surface area contributed by atoms with Crippen molar-refractivity contribution in [3.8, 4) is 5.75 Å². The second-order valence-electron chi connectivity index (χ2n) is 2.69. The number of nitro groups is 1. The minimum absolute atomic E-state index is 0.107. The molecular formula is C9H7NO5. The van der Waals surface area contributed by atoms with E-state index >= 15 is 0 Å². The summed E-state index contributed by atoms with van der Waals surface area (Å²) in [4.78, 5) is 30.9. The van der Waals surface area contributed by atoms with Crippen molar-refractivity contribution in [1.29, 1.82) is 0 Å². The third kappa shape index (κ3) is 2.60. The van der Waals surface area contributed by atoms with Gasteiger partial charge >= 0.3 is 5.97 Å². The normalized spacial score (nSPS) is 9.40. The van der Waals surface area contributed by atoms with E-state index in [1.165, 1.54) is 13.0 Å². The van der Waals surface area contributed by atoms with Crippen molar-refractivity contribution in [1.82, 2.24) is 0 Å². The highest BCUT2D eigenvalue weighted by molar-refractivity contribution is 5.82. The first-order valence-electron chi connectivity index (χ1n) is 3.96. The van der Waals surface area contributed by atoms with Gasteiger partial charge in [0.1, 0.15) is 5.75 Å². The highest BCUT2D eigenvalue weighted by atomic mass is 16.6. The summed E-state index contributed by atoms with van der Waals surface area (Å²) in [5, 5.41) is 10.5. The zero-order chi connectivity index (χ0) is 11.4. The van der Waals surface area contributed by atoms with E-state index in [0.717, 1.165) is 12.1 Å². The SMILES string of the molecule is CC(=O)Oc1ccc([N+](=O)[O-])c(C=O)c1. The van der Waals surface area contributed by atoms with Crippen LogP contribution in [0.3, 0.4) is 0 Å². The number of nitro benzene ring substituents is 1. The van der Waals surface area contributed by atoms with Crippen LogP contribution in [0.4, 0.5) is 5.69 Å². The first kappa shape index (κ1) is 10.8. The number of hydrogen-bond acceptors (Lipinski definition) is 5. The van der Waals surface area contributed by atoms with Gasteiger partial charge < -0.3 is 4.74 Å². The molecule has 6 nitrogen and oxygen atoms in total. The molecule has 0 aliphatic heterocycles. The number of carbonyl (C=O) groups is 2. The minimum atomic E-state index is -0.679. The van der Waals surface area contributed by atoms with Crippen molar-refractivity contribution >= 4 is 17.9 Å². The van der Waals surface area contributed by atoms with E-state index in [1.54, 1.807) is 0 Å². The number of hydrogen-bond donors (Lipinski definition) is 0.